The minimum atomic E-state index is -2.35. The van der Waals surface area contributed by atoms with E-state index in [9.17, 15) is 4.89 Å². The molecular formula is C10H14NaOPSe. The fourth-order valence-electron chi connectivity index (χ4n) is 1.01. The molecule has 1 atom stereocenters. The third-order valence-electron chi connectivity index (χ3n) is 1.98. The summed E-state index contributed by atoms with van der Waals surface area (Å²) in [6.07, 6.45) is 0. The van der Waals surface area contributed by atoms with E-state index in [-0.39, 0.29) is 34.7 Å². The fourth-order valence-corrected chi connectivity index (χ4v) is 3.12. The van der Waals surface area contributed by atoms with Gasteiger partial charge in [-0.3, -0.25) is 0 Å². The zero-order valence-corrected chi connectivity index (χ0v) is 13.8. The fraction of sp³-hybridized carbons (Fsp3) is 0.400. The number of hydrogen-bond donors (Lipinski definition) is 0. The summed E-state index contributed by atoms with van der Waals surface area (Å²) in [6, 6.07) is 9.62. The van der Waals surface area contributed by atoms with E-state index >= 15 is 0 Å². The number of rotatable bonds is 1. The van der Waals surface area contributed by atoms with E-state index in [1.54, 1.807) is 0 Å². The first kappa shape index (κ1) is 15.1. The Morgan fingerprint density at radius 2 is 1.57 bits per heavy atom. The maximum atomic E-state index is 12.4. The molecule has 0 spiro atoms. The summed E-state index contributed by atoms with van der Waals surface area (Å²) in [6.45, 7) is 5.99. The first-order valence-electron chi connectivity index (χ1n) is 4.22. The van der Waals surface area contributed by atoms with Crippen molar-refractivity contribution in [2.24, 2.45) is 0 Å². The van der Waals surface area contributed by atoms with Gasteiger partial charge in [0.15, 0.2) is 0 Å². The van der Waals surface area contributed by atoms with Crippen LogP contribution in [0.5, 0.6) is 0 Å². The molecule has 0 saturated carbocycles. The van der Waals surface area contributed by atoms with Crippen LogP contribution in [0, 0.1) is 0 Å². The monoisotopic (exact) mass is 284 g/mol. The predicted octanol–water partition coefficient (Wildman–Crippen LogP) is -1.51. The van der Waals surface area contributed by atoms with Crippen molar-refractivity contribution in [3.8, 4) is 0 Å². The van der Waals surface area contributed by atoms with Crippen LogP contribution in [0.25, 0.3) is 0 Å². The summed E-state index contributed by atoms with van der Waals surface area (Å²) in [7, 11) is 0. The van der Waals surface area contributed by atoms with Gasteiger partial charge in [0, 0.05) is 0 Å². The molecule has 0 aliphatic rings. The van der Waals surface area contributed by atoms with Gasteiger partial charge in [0.05, 0.1) is 0 Å². The molecule has 1 aromatic rings. The Labute approximate surface area is 116 Å². The van der Waals surface area contributed by atoms with Crippen LogP contribution < -0.4 is 39.8 Å². The molecule has 0 saturated heterocycles. The van der Waals surface area contributed by atoms with Crippen molar-refractivity contribution in [2.45, 2.75) is 25.9 Å². The standard InChI is InChI=1S/C10H15OPSe.Na/c1-10(2,3)12(11,13)9-7-5-4-6-8-9;/h4-8H,1-3H3,(H,11,13);/q;+1/p-1. The van der Waals surface area contributed by atoms with Gasteiger partial charge in [0.1, 0.15) is 0 Å². The molecule has 1 nitrogen and oxygen atoms in total. The van der Waals surface area contributed by atoms with Crippen LogP contribution in [-0.2, 0) is 0 Å². The van der Waals surface area contributed by atoms with E-state index in [1.165, 1.54) is 0 Å². The third kappa shape index (κ3) is 3.32. The van der Waals surface area contributed by atoms with Crippen molar-refractivity contribution >= 4 is 26.1 Å². The molecular weight excluding hydrogens is 269 g/mol. The second-order valence-corrected chi connectivity index (χ2v) is 10.3. The van der Waals surface area contributed by atoms with Crippen molar-refractivity contribution in [1.29, 1.82) is 0 Å². The van der Waals surface area contributed by atoms with E-state index < -0.39 is 5.74 Å². The third-order valence-corrected chi connectivity index (χ3v) is 9.50. The van der Waals surface area contributed by atoms with E-state index in [4.69, 9.17) is 0 Å². The molecule has 1 rings (SSSR count). The Morgan fingerprint density at radius 1 is 1.14 bits per heavy atom. The molecule has 0 heterocycles. The molecule has 4 heteroatoms. The molecule has 72 valence electrons. The molecule has 0 aromatic heterocycles. The normalized spacial score (nSPS) is 15.4. The Morgan fingerprint density at radius 3 is 1.93 bits per heavy atom. The minimum Gasteiger partial charge on any atom is 1.00 e. The van der Waals surface area contributed by atoms with Crippen LogP contribution >= 0.6 is 5.74 Å². The maximum Gasteiger partial charge on any atom is 1.00 e. The van der Waals surface area contributed by atoms with Gasteiger partial charge in [-0.2, -0.15) is 0 Å². The Hall–Kier alpha value is 1.13. The summed E-state index contributed by atoms with van der Waals surface area (Å²) in [5.74, 6) is 0. The molecule has 14 heavy (non-hydrogen) atoms. The average molecular weight is 283 g/mol. The molecule has 0 radical (unpaired) electrons. The van der Waals surface area contributed by atoms with Gasteiger partial charge in [-0.1, -0.05) is 0 Å². The second-order valence-electron chi connectivity index (χ2n) is 4.06. The Bertz CT molecular complexity index is 332. The molecule has 1 unspecified atom stereocenters. The molecule has 0 aliphatic carbocycles. The zero-order valence-electron chi connectivity index (χ0n) is 9.15. The van der Waals surface area contributed by atoms with Crippen molar-refractivity contribution in [1.82, 2.24) is 0 Å². The van der Waals surface area contributed by atoms with Crippen molar-refractivity contribution < 1.29 is 34.5 Å². The molecule has 1 aromatic carbocycles. The first-order chi connectivity index (χ1) is 5.86. The van der Waals surface area contributed by atoms with Gasteiger partial charge in [-0.25, -0.2) is 0 Å². The number of benzene rings is 1. The summed E-state index contributed by atoms with van der Waals surface area (Å²) in [5, 5.41) is 0.719. The van der Waals surface area contributed by atoms with Gasteiger partial charge in [0.2, 0.25) is 0 Å². The zero-order chi connectivity index (χ0) is 10.1. The van der Waals surface area contributed by atoms with Gasteiger partial charge in [0.25, 0.3) is 0 Å². The summed E-state index contributed by atoms with van der Waals surface area (Å²) >= 11 is 2.87. The van der Waals surface area contributed by atoms with Crippen molar-refractivity contribution in [3.05, 3.63) is 30.3 Å². The van der Waals surface area contributed by atoms with Gasteiger partial charge in [-0.15, -0.1) is 0 Å². The van der Waals surface area contributed by atoms with Crippen molar-refractivity contribution in [2.75, 3.05) is 0 Å². The quantitative estimate of drug-likeness (QED) is 0.454. The molecule has 0 fully saturated rings. The molecule has 0 amide bonds. The summed E-state index contributed by atoms with van der Waals surface area (Å²) < 4.78 is 0. The molecule has 0 bridgehead atoms. The maximum absolute atomic E-state index is 12.4. The second kappa shape index (κ2) is 5.46. The van der Waals surface area contributed by atoms with E-state index in [0.29, 0.717) is 0 Å². The minimum absolute atomic E-state index is 0. The van der Waals surface area contributed by atoms with Crippen LogP contribution in [0.4, 0.5) is 0 Å². The van der Waals surface area contributed by atoms with Crippen LogP contribution in [0.2, 0.25) is 0 Å². The van der Waals surface area contributed by atoms with E-state index in [1.807, 2.05) is 51.1 Å². The summed E-state index contributed by atoms with van der Waals surface area (Å²) in [5.41, 5.74) is -2.35. The van der Waals surface area contributed by atoms with Crippen LogP contribution in [0.3, 0.4) is 0 Å². The van der Waals surface area contributed by atoms with E-state index in [0.717, 1.165) is 5.30 Å². The van der Waals surface area contributed by atoms with Crippen LogP contribution in [0.1, 0.15) is 20.8 Å². The van der Waals surface area contributed by atoms with Gasteiger partial charge in [-0.05, 0) is 0 Å². The smallest absolute Gasteiger partial charge is 1.00 e. The molecule has 0 aliphatic heterocycles. The van der Waals surface area contributed by atoms with Gasteiger partial charge < -0.3 is 0 Å². The van der Waals surface area contributed by atoms with E-state index in [2.05, 4.69) is 15.1 Å². The molecule has 0 N–H and O–H groups in total. The van der Waals surface area contributed by atoms with Crippen molar-refractivity contribution in [3.63, 3.8) is 0 Å². The predicted molar refractivity (Wildman–Crippen MR) is 58.5 cm³/mol. The number of hydrogen-bond acceptors (Lipinski definition) is 1. The van der Waals surface area contributed by atoms with Gasteiger partial charge >= 0.3 is 117 Å². The largest absolute Gasteiger partial charge is 1.00 e. The SMILES string of the molecule is CC(C)(C)P([O-])(=[Se])c1ccccc1.[Na+]. The Balaban J connectivity index is 0.00000169. The van der Waals surface area contributed by atoms with Crippen LogP contribution in [0.15, 0.2) is 30.3 Å². The van der Waals surface area contributed by atoms with Crippen LogP contribution in [-0.4, -0.2) is 20.3 Å². The average Bonchev–Trinajstić information content (AvgIpc) is 2.04. The topological polar surface area (TPSA) is 23.1 Å². The summed E-state index contributed by atoms with van der Waals surface area (Å²) in [4.78, 5) is 12.4. The Kier molecular flexibility index (Phi) is 5.90. The first-order valence-corrected chi connectivity index (χ1v) is 8.15.